The molecular weight excluding hydrogens is 274 g/mol. The monoisotopic (exact) mass is 295 g/mol. The van der Waals surface area contributed by atoms with Crippen LogP contribution in [0.5, 0.6) is 0 Å². The molecule has 0 fully saturated rings. The zero-order chi connectivity index (χ0) is 15.4. The average molecular weight is 295 g/mol. The first-order chi connectivity index (χ1) is 10.7. The third-order valence-corrected chi connectivity index (χ3v) is 4.11. The number of nitrogens with one attached hydrogen (secondary N) is 1. The van der Waals surface area contributed by atoms with Crippen molar-refractivity contribution in [3.8, 4) is 5.69 Å². The molecule has 4 heteroatoms. The maximum atomic E-state index is 12.1. The van der Waals surface area contributed by atoms with Crippen LogP contribution < -0.4 is 5.32 Å². The lowest BCUT2D eigenvalue weighted by molar-refractivity contribution is -0.122. The zero-order valence-electron chi connectivity index (χ0n) is 12.8. The summed E-state index contributed by atoms with van der Waals surface area (Å²) in [7, 11) is 0. The highest BCUT2D eigenvalue weighted by Gasteiger charge is 2.16. The van der Waals surface area contributed by atoms with E-state index in [0.717, 1.165) is 24.1 Å². The van der Waals surface area contributed by atoms with Gasteiger partial charge in [-0.05, 0) is 43.4 Å². The van der Waals surface area contributed by atoms with E-state index in [9.17, 15) is 4.79 Å². The Morgan fingerprint density at radius 3 is 3.14 bits per heavy atom. The number of hydrogen-bond donors (Lipinski definition) is 1. The molecule has 0 saturated heterocycles. The third-order valence-electron chi connectivity index (χ3n) is 4.11. The Hall–Kier alpha value is -2.36. The molecule has 0 spiro atoms. The van der Waals surface area contributed by atoms with Gasteiger partial charge in [0.15, 0.2) is 0 Å². The van der Waals surface area contributed by atoms with E-state index in [1.807, 2.05) is 35.9 Å². The topological polar surface area (TPSA) is 46.9 Å². The van der Waals surface area contributed by atoms with Crippen LogP contribution in [0.4, 0.5) is 0 Å². The summed E-state index contributed by atoms with van der Waals surface area (Å²) in [5, 5.41) is 3.10. The number of aromatic nitrogens is 2. The number of amides is 1. The van der Waals surface area contributed by atoms with Gasteiger partial charge in [0.2, 0.25) is 5.91 Å². The first-order valence-corrected chi connectivity index (χ1v) is 7.76. The number of nitrogens with zero attached hydrogens (tertiary/aromatic N) is 2. The summed E-state index contributed by atoms with van der Waals surface area (Å²) >= 11 is 0. The molecule has 0 bridgehead atoms. The Morgan fingerprint density at radius 1 is 1.50 bits per heavy atom. The van der Waals surface area contributed by atoms with Crippen molar-refractivity contribution in [2.24, 2.45) is 5.92 Å². The van der Waals surface area contributed by atoms with Crippen molar-refractivity contribution < 1.29 is 4.79 Å². The third kappa shape index (κ3) is 3.45. The summed E-state index contributed by atoms with van der Waals surface area (Å²) in [5.41, 5.74) is 2.15. The minimum Gasteiger partial charge on any atom is -0.350 e. The molecule has 0 radical (unpaired) electrons. The van der Waals surface area contributed by atoms with Gasteiger partial charge in [-0.2, -0.15) is 0 Å². The van der Waals surface area contributed by atoms with Crippen LogP contribution in [0, 0.1) is 5.92 Å². The minimum atomic E-state index is 0.00125. The molecule has 22 heavy (non-hydrogen) atoms. The molecule has 2 aromatic rings. The Labute approximate surface area is 130 Å². The van der Waals surface area contributed by atoms with Crippen LogP contribution >= 0.6 is 0 Å². The number of imidazole rings is 1. The van der Waals surface area contributed by atoms with Crippen LogP contribution in [0.2, 0.25) is 0 Å². The van der Waals surface area contributed by atoms with Gasteiger partial charge >= 0.3 is 0 Å². The second-order valence-corrected chi connectivity index (χ2v) is 5.82. The van der Waals surface area contributed by atoms with Crippen LogP contribution in [0.25, 0.3) is 5.69 Å². The van der Waals surface area contributed by atoms with Gasteiger partial charge in [-0.1, -0.05) is 24.3 Å². The van der Waals surface area contributed by atoms with Gasteiger partial charge in [-0.15, -0.1) is 0 Å². The van der Waals surface area contributed by atoms with Crippen molar-refractivity contribution in [3.05, 3.63) is 60.7 Å². The molecule has 0 saturated carbocycles. The van der Waals surface area contributed by atoms with Crippen molar-refractivity contribution in [2.75, 3.05) is 0 Å². The van der Waals surface area contributed by atoms with Gasteiger partial charge in [0, 0.05) is 24.5 Å². The maximum Gasteiger partial charge on any atom is 0.221 e. The maximum absolute atomic E-state index is 12.1. The van der Waals surface area contributed by atoms with Crippen LogP contribution in [-0.4, -0.2) is 15.5 Å². The van der Waals surface area contributed by atoms with E-state index in [2.05, 4.69) is 28.5 Å². The lowest BCUT2D eigenvalue weighted by Crippen LogP contribution is -2.27. The number of hydrogen-bond acceptors (Lipinski definition) is 2. The predicted octanol–water partition coefficient (Wildman–Crippen LogP) is 3.41. The summed E-state index contributed by atoms with van der Waals surface area (Å²) in [6, 6.07) is 8.17. The van der Waals surface area contributed by atoms with Crippen LogP contribution in [-0.2, 0) is 4.79 Å². The van der Waals surface area contributed by atoms with Crippen LogP contribution in [0.3, 0.4) is 0 Å². The number of carbonyl (C=O) groups excluding carboxylic acids is 1. The van der Waals surface area contributed by atoms with Gasteiger partial charge in [0.25, 0.3) is 0 Å². The van der Waals surface area contributed by atoms with E-state index in [1.54, 1.807) is 12.5 Å². The molecule has 2 atom stereocenters. The molecule has 1 aromatic heterocycles. The summed E-state index contributed by atoms with van der Waals surface area (Å²) in [5.74, 6) is 0.529. The summed E-state index contributed by atoms with van der Waals surface area (Å²) in [6.45, 7) is 2.02. The second kappa shape index (κ2) is 6.60. The van der Waals surface area contributed by atoms with Crippen LogP contribution in [0.1, 0.15) is 37.8 Å². The molecule has 114 valence electrons. The molecule has 4 nitrogen and oxygen atoms in total. The Balaban J connectivity index is 1.64. The number of benzene rings is 1. The lowest BCUT2D eigenvalue weighted by atomic mass is 10.0. The van der Waals surface area contributed by atoms with Gasteiger partial charge in [0.05, 0.1) is 12.4 Å². The fourth-order valence-electron chi connectivity index (χ4n) is 2.85. The van der Waals surface area contributed by atoms with Gasteiger partial charge in [0.1, 0.15) is 0 Å². The molecule has 1 aromatic carbocycles. The average Bonchev–Trinajstić information content (AvgIpc) is 3.20. The Kier molecular flexibility index (Phi) is 4.37. The van der Waals surface area contributed by atoms with E-state index in [4.69, 9.17) is 0 Å². The Morgan fingerprint density at radius 2 is 2.41 bits per heavy atom. The SMILES string of the molecule is C[C@@H](NC(=O)C[C@@H]1C=CCC1)c1cccc(-n2ccnc2)c1. The summed E-state index contributed by atoms with van der Waals surface area (Å²) < 4.78 is 1.96. The standard InChI is InChI=1S/C18H21N3O/c1-14(20-18(22)11-15-5-2-3-6-15)16-7-4-8-17(12-16)21-10-9-19-13-21/h2,4-5,7-10,12-15H,3,6,11H2,1H3,(H,20,22)/t14-,15-/m1/s1. The van der Waals surface area contributed by atoms with Gasteiger partial charge < -0.3 is 9.88 Å². The quantitative estimate of drug-likeness (QED) is 0.859. The van der Waals surface area contributed by atoms with E-state index < -0.39 is 0 Å². The zero-order valence-corrected chi connectivity index (χ0v) is 12.8. The molecule has 1 aliphatic rings. The molecule has 0 unspecified atom stereocenters. The van der Waals surface area contributed by atoms with Crippen molar-refractivity contribution >= 4 is 5.91 Å². The number of rotatable bonds is 5. The molecule has 0 aliphatic heterocycles. The van der Waals surface area contributed by atoms with Crippen LogP contribution in [0.15, 0.2) is 55.1 Å². The first kappa shape index (κ1) is 14.6. The fourth-order valence-corrected chi connectivity index (χ4v) is 2.85. The molecule has 1 aliphatic carbocycles. The molecule has 1 amide bonds. The predicted molar refractivity (Wildman–Crippen MR) is 86.6 cm³/mol. The van der Waals surface area contributed by atoms with Crippen molar-refractivity contribution in [1.82, 2.24) is 14.9 Å². The minimum absolute atomic E-state index is 0.00125. The summed E-state index contributed by atoms with van der Waals surface area (Å²) in [4.78, 5) is 16.2. The molecule has 3 rings (SSSR count). The molecule has 1 N–H and O–H groups in total. The first-order valence-electron chi connectivity index (χ1n) is 7.76. The van der Waals surface area contributed by atoms with E-state index >= 15 is 0 Å². The van der Waals surface area contributed by atoms with E-state index in [0.29, 0.717) is 12.3 Å². The molecule has 1 heterocycles. The molecular formula is C18H21N3O. The number of allylic oxidation sites excluding steroid dienone is 2. The highest BCUT2D eigenvalue weighted by Crippen LogP contribution is 2.21. The normalized spacial score (nSPS) is 18.3. The highest BCUT2D eigenvalue weighted by atomic mass is 16.1. The number of carbonyl (C=O) groups is 1. The summed E-state index contributed by atoms with van der Waals surface area (Å²) in [6.07, 6.45) is 12.5. The second-order valence-electron chi connectivity index (χ2n) is 5.82. The van der Waals surface area contributed by atoms with Gasteiger partial charge in [-0.25, -0.2) is 4.98 Å². The van der Waals surface area contributed by atoms with Gasteiger partial charge in [-0.3, -0.25) is 4.79 Å². The lowest BCUT2D eigenvalue weighted by Gasteiger charge is -2.17. The van der Waals surface area contributed by atoms with Crippen molar-refractivity contribution in [1.29, 1.82) is 0 Å². The smallest absolute Gasteiger partial charge is 0.221 e. The largest absolute Gasteiger partial charge is 0.350 e. The fraction of sp³-hybridized carbons (Fsp3) is 0.333. The van der Waals surface area contributed by atoms with Crippen molar-refractivity contribution in [2.45, 2.75) is 32.2 Å². The van der Waals surface area contributed by atoms with Crippen molar-refractivity contribution in [3.63, 3.8) is 0 Å². The highest BCUT2D eigenvalue weighted by molar-refractivity contribution is 5.77. The Bertz CT molecular complexity index is 661. The van der Waals surface area contributed by atoms with E-state index in [-0.39, 0.29) is 11.9 Å². The van der Waals surface area contributed by atoms with E-state index in [1.165, 1.54) is 0 Å².